The predicted octanol–water partition coefficient (Wildman–Crippen LogP) is 3.26. The zero-order valence-corrected chi connectivity index (χ0v) is 13.1. The third-order valence-electron chi connectivity index (χ3n) is 3.57. The van der Waals surface area contributed by atoms with Gasteiger partial charge in [-0.25, -0.2) is 0 Å². The number of carbonyl (C=O) groups excluding carboxylic acids is 1. The maximum atomic E-state index is 12.4. The maximum Gasteiger partial charge on any atom is 0.254 e. The molecule has 0 unspecified atom stereocenters. The highest BCUT2D eigenvalue weighted by molar-refractivity contribution is 9.10. The first-order valence-electron chi connectivity index (χ1n) is 6.67. The van der Waals surface area contributed by atoms with E-state index in [2.05, 4.69) is 15.9 Å². The summed E-state index contributed by atoms with van der Waals surface area (Å²) in [5.41, 5.74) is 1.88. The Morgan fingerprint density at radius 1 is 1.42 bits per heavy atom. The van der Waals surface area contributed by atoms with Gasteiger partial charge in [0.1, 0.15) is 0 Å². The first-order chi connectivity index (χ1) is 9.08. The number of ether oxygens (including phenoxy) is 1. The molecule has 19 heavy (non-hydrogen) atoms. The lowest BCUT2D eigenvalue weighted by molar-refractivity contribution is 0.0497. The van der Waals surface area contributed by atoms with Crippen molar-refractivity contribution in [1.82, 2.24) is 4.90 Å². The van der Waals surface area contributed by atoms with Crippen molar-refractivity contribution >= 4 is 21.8 Å². The van der Waals surface area contributed by atoms with Crippen molar-refractivity contribution in [3.63, 3.8) is 0 Å². The van der Waals surface area contributed by atoms with Crippen LogP contribution in [0.2, 0.25) is 0 Å². The molecule has 1 amide bonds. The minimum absolute atomic E-state index is 0.0818. The van der Waals surface area contributed by atoms with E-state index in [0.29, 0.717) is 5.92 Å². The SMILES string of the molecule is Cc1ccc(C(=O)N(C)CC2CCOCC2)c(Br)c1. The summed E-state index contributed by atoms with van der Waals surface area (Å²) in [6, 6.07) is 5.85. The van der Waals surface area contributed by atoms with E-state index in [-0.39, 0.29) is 5.91 Å². The van der Waals surface area contributed by atoms with E-state index in [9.17, 15) is 4.79 Å². The molecule has 1 aromatic rings. The molecule has 1 saturated heterocycles. The number of rotatable bonds is 3. The van der Waals surface area contributed by atoms with E-state index in [0.717, 1.165) is 48.2 Å². The van der Waals surface area contributed by atoms with Gasteiger partial charge in [-0.2, -0.15) is 0 Å². The largest absolute Gasteiger partial charge is 0.381 e. The molecule has 0 N–H and O–H groups in total. The average Bonchev–Trinajstić information content (AvgIpc) is 2.39. The molecule has 0 bridgehead atoms. The van der Waals surface area contributed by atoms with Crippen LogP contribution in [-0.2, 0) is 4.74 Å². The van der Waals surface area contributed by atoms with Gasteiger partial charge in [0.25, 0.3) is 5.91 Å². The Labute approximate surface area is 123 Å². The number of hydrogen-bond donors (Lipinski definition) is 0. The number of carbonyl (C=O) groups is 1. The molecule has 104 valence electrons. The maximum absolute atomic E-state index is 12.4. The lowest BCUT2D eigenvalue weighted by atomic mass is 9.99. The molecule has 3 nitrogen and oxygen atoms in total. The normalized spacial score (nSPS) is 16.4. The van der Waals surface area contributed by atoms with Crippen LogP contribution in [0.25, 0.3) is 0 Å². The third kappa shape index (κ3) is 3.80. The molecule has 0 radical (unpaired) electrons. The van der Waals surface area contributed by atoms with Gasteiger partial charge in [-0.05, 0) is 59.3 Å². The molecule has 0 spiro atoms. The Kier molecular flexibility index (Phi) is 4.99. The number of halogens is 1. The van der Waals surface area contributed by atoms with Crippen molar-refractivity contribution in [2.45, 2.75) is 19.8 Å². The monoisotopic (exact) mass is 325 g/mol. The Morgan fingerprint density at radius 3 is 2.74 bits per heavy atom. The predicted molar refractivity (Wildman–Crippen MR) is 79.4 cm³/mol. The van der Waals surface area contributed by atoms with E-state index < -0.39 is 0 Å². The van der Waals surface area contributed by atoms with E-state index in [1.807, 2.05) is 37.1 Å². The number of nitrogens with zero attached hydrogens (tertiary/aromatic N) is 1. The molecule has 1 aromatic carbocycles. The van der Waals surface area contributed by atoms with Crippen LogP contribution in [0, 0.1) is 12.8 Å². The topological polar surface area (TPSA) is 29.5 Å². The molecule has 0 aliphatic carbocycles. The lowest BCUT2D eigenvalue weighted by Crippen LogP contribution is -2.34. The fourth-order valence-electron chi connectivity index (χ4n) is 2.40. The third-order valence-corrected chi connectivity index (χ3v) is 4.23. The van der Waals surface area contributed by atoms with Crippen LogP contribution in [0.3, 0.4) is 0 Å². The number of hydrogen-bond acceptors (Lipinski definition) is 2. The van der Waals surface area contributed by atoms with Crippen molar-refractivity contribution in [2.24, 2.45) is 5.92 Å². The summed E-state index contributed by atoms with van der Waals surface area (Å²) in [5, 5.41) is 0. The van der Waals surface area contributed by atoms with Crippen LogP contribution in [0.15, 0.2) is 22.7 Å². The van der Waals surface area contributed by atoms with E-state index in [4.69, 9.17) is 4.74 Å². The summed E-state index contributed by atoms with van der Waals surface area (Å²) in [6.45, 7) is 4.47. The van der Waals surface area contributed by atoms with Crippen molar-refractivity contribution in [2.75, 3.05) is 26.8 Å². The second-order valence-corrected chi connectivity index (χ2v) is 6.08. The molecule has 0 atom stereocenters. The average molecular weight is 326 g/mol. The van der Waals surface area contributed by atoms with Crippen molar-refractivity contribution < 1.29 is 9.53 Å². The fraction of sp³-hybridized carbons (Fsp3) is 0.533. The van der Waals surface area contributed by atoms with Crippen molar-refractivity contribution in [3.8, 4) is 0 Å². The molecule has 0 saturated carbocycles. The second-order valence-electron chi connectivity index (χ2n) is 5.22. The van der Waals surface area contributed by atoms with E-state index in [1.165, 1.54) is 0 Å². The van der Waals surface area contributed by atoms with E-state index in [1.54, 1.807) is 0 Å². The zero-order valence-electron chi connectivity index (χ0n) is 11.5. The standard InChI is InChI=1S/C15H20BrNO2/c1-11-3-4-13(14(16)9-11)15(18)17(2)10-12-5-7-19-8-6-12/h3-4,9,12H,5-8,10H2,1-2H3. The Balaban J connectivity index is 2.01. The molecule has 1 heterocycles. The van der Waals surface area contributed by atoms with Gasteiger partial charge < -0.3 is 9.64 Å². The van der Waals surface area contributed by atoms with Gasteiger partial charge in [-0.15, -0.1) is 0 Å². The van der Waals surface area contributed by atoms with Crippen LogP contribution in [0.5, 0.6) is 0 Å². The highest BCUT2D eigenvalue weighted by Crippen LogP contribution is 2.21. The molecular formula is C15H20BrNO2. The Hall–Kier alpha value is -0.870. The first-order valence-corrected chi connectivity index (χ1v) is 7.46. The molecule has 1 aliphatic rings. The molecule has 0 aromatic heterocycles. The van der Waals surface area contributed by atoms with Gasteiger partial charge in [0.2, 0.25) is 0 Å². The summed E-state index contributed by atoms with van der Waals surface area (Å²) in [6.07, 6.45) is 2.10. The summed E-state index contributed by atoms with van der Waals surface area (Å²) >= 11 is 3.47. The lowest BCUT2D eigenvalue weighted by Gasteiger charge is -2.27. The molecule has 1 fully saturated rings. The highest BCUT2D eigenvalue weighted by atomic mass is 79.9. The quantitative estimate of drug-likeness (QED) is 0.853. The summed E-state index contributed by atoms with van der Waals surface area (Å²) in [5.74, 6) is 0.644. The van der Waals surface area contributed by atoms with Crippen molar-refractivity contribution in [3.05, 3.63) is 33.8 Å². The smallest absolute Gasteiger partial charge is 0.254 e. The minimum atomic E-state index is 0.0818. The summed E-state index contributed by atoms with van der Waals surface area (Å²) in [4.78, 5) is 14.2. The van der Waals surface area contributed by atoms with Gasteiger partial charge in [-0.3, -0.25) is 4.79 Å². The molecule has 4 heteroatoms. The Bertz CT molecular complexity index is 455. The minimum Gasteiger partial charge on any atom is -0.381 e. The number of benzene rings is 1. The summed E-state index contributed by atoms with van der Waals surface area (Å²) < 4.78 is 6.22. The number of amides is 1. The Morgan fingerprint density at radius 2 is 2.11 bits per heavy atom. The van der Waals surface area contributed by atoms with Crippen LogP contribution in [0.1, 0.15) is 28.8 Å². The summed E-state index contributed by atoms with van der Waals surface area (Å²) in [7, 11) is 1.88. The van der Waals surface area contributed by atoms with Crippen LogP contribution < -0.4 is 0 Å². The fourth-order valence-corrected chi connectivity index (χ4v) is 3.06. The van der Waals surface area contributed by atoms with Crippen LogP contribution in [-0.4, -0.2) is 37.6 Å². The highest BCUT2D eigenvalue weighted by Gasteiger charge is 2.20. The second kappa shape index (κ2) is 6.53. The van der Waals surface area contributed by atoms with Gasteiger partial charge >= 0.3 is 0 Å². The van der Waals surface area contributed by atoms with Crippen molar-refractivity contribution in [1.29, 1.82) is 0 Å². The van der Waals surface area contributed by atoms with Crippen LogP contribution in [0.4, 0.5) is 0 Å². The molecule has 1 aliphatic heterocycles. The number of aryl methyl sites for hydroxylation is 1. The first kappa shape index (κ1) is 14.5. The molecular weight excluding hydrogens is 306 g/mol. The van der Waals surface area contributed by atoms with Gasteiger partial charge in [0.05, 0.1) is 5.56 Å². The molecule has 2 rings (SSSR count). The van der Waals surface area contributed by atoms with Crippen LogP contribution >= 0.6 is 15.9 Å². The van der Waals surface area contributed by atoms with Gasteiger partial charge in [0.15, 0.2) is 0 Å². The van der Waals surface area contributed by atoms with E-state index >= 15 is 0 Å². The van der Waals surface area contributed by atoms with Gasteiger partial charge in [-0.1, -0.05) is 6.07 Å². The zero-order chi connectivity index (χ0) is 13.8. The van der Waals surface area contributed by atoms with Gasteiger partial charge in [0, 0.05) is 31.3 Å².